The van der Waals surface area contributed by atoms with E-state index in [9.17, 15) is 15.3 Å². The fourth-order valence-corrected chi connectivity index (χ4v) is 2.76. The molecule has 0 spiro atoms. The van der Waals surface area contributed by atoms with Crippen molar-refractivity contribution >= 4 is 0 Å². The lowest BCUT2D eigenvalue weighted by molar-refractivity contribution is -0.0144. The second-order valence-corrected chi connectivity index (χ2v) is 5.23. The molecule has 2 rings (SSSR count). The van der Waals surface area contributed by atoms with Gasteiger partial charge in [0.2, 0.25) is 0 Å². The summed E-state index contributed by atoms with van der Waals surface area (Å²) in [6.45, 7) is 0.883. The van der Waals surface area contributed by atoms with Crippen molar-refractivity contribution in [3.05, 3.63) is 35.9 Å². The van der Waals surface area contributed by atoms with Gasteiger partial charge in [-0.3, -0.25) is 4.90 Å². The smallest absolute Gasteiger partial charge is 0.0991 e. The first kappa shape index (κ1) is 14.9. The number of hydrogen-bond donors (Lipinski definition) is 3. The summed E-state index contributed by atoms with van der Waals surface area (Å²) in [5.74, 6) is 0. The van der Waals surface area contributed by atoms with Crippen molar-refractivity contribution in [1.29, 1.82) is 5.26 Å². The van der Waals surface area contributed by atoms with Crippen LogP contribution in [0.5, 0.6) is 0 Å². The third-order valence-electron chi connectivity index (χ3n) is 3.76. The maximum atomic E-state index is 10.2. The topological polar surface area (TPSA) is 87.7 Å². The van der Waals surface area contributed by atoms with E-state index in [0.717, 1.165) is 5.56 Å². The van der Waals surface area contributed by atoms with Gasteiger partial charge in [0.05, 0.1) is 30.4 Å². The Morgan fingerprint density at radius 3 is 2.65 bits per heavy atom. The number of aliphatic hydroxyl groups is 3. The molecule has 108 valence electrons. The summed E-state index contributed by atoms with van der Waals surface area (Å²) in [4.78, 5) is 1.88. The number of nitrogens with zero attached hydrogens (tertiary/aromatic N) is 2. The molecule has 0 saturated carbocycles. The molecule has 0 amide bonds. The van der Waals surface area contributed by atoms with Crippen LogP contribution in [-0.2, 0) is 6.54 Å². The minimum absolute atomic E-state index is 0.236. The molecular formula is C15H20N2O3. The summed E-state index contributed by atoms with van der Waals surface area (Å²) in [6, 6.07) is 11.2. The number of β-amino-alcohol motifs (C(OH)–C–C–N with tert-alkyl or cyclic N) is 1. The van der Waals surface area contributed by atoms with E-state index in [1.807, 2.05) is 41.3 Å². The Morgan fingerprint density at radius 1 is 1.30 bits per heavy atom. The first-order chi connectivity index (χ1) is 9.63. The zero-order valence-corrected chi connectivity index (χ0v) is 11.3. The molecule has 5 heteroatoms. The molecule has 3 N–H and O–H groups in total. The van der Waals surface area contributed by atoms with E-state index >= 15 is 0 Å². The third kappa shape index (κ3) is 3.35. The van der Waals surface area contributed by atoms with Crippen LogP contribution in [0.25, 0.3) is 0 Å². The normalized spacial score (nSPS) is 28.2. The molecule has 1 aliphatic rings. The summed E-state index contributed by atoms with van der Waals surface area (Å²) in [5.41, 5.74) is 1.06. The fraction of sp³-hybridized carbons (Fsp3) is 0.533. The van der Waals surface area contributed by atoms with Gasteiger partial charge in [0.25, 0.3) is 0 Å². The van der Waals surface area contributed by atoms with E-state index in [-0.39, 0.29) is 6.42 Å². The molecule has 1 aromatic rings. The van der Waals surface area contributed by atoms with Gasteiger partial charge in [-0.25, -0.2) is 0 Å². The van der Waals surface area contributed by atoms with Gasteiger partial charge in [0.15, 0.2) is 0 Å². The molecule has 0 aliphatic carbocycles. The lowest BCUT2D eigenvalue weighted by atomic mass is 10.0. The van der Waals surface area contributed by atoms with Crippen molar-refractivity contribution in [2.24, 2.45) is 0 Å². The number of hydrogen-bond acceptors (Lipinski definition) is 5. The van der Waals surface area contributed by atoms with Gasteiger partial charge in [-0.05, 0) is 12.0 Å². The van der Waals surface area contributed by atoms with Crippen LogP contribution in [0.15, 0.2) is 30.3 Å². The maximum absolute atomic E-state index is 10.2. The van der Waals surface area contributed by atoms with Gasteiger partial charge >= 0.3 is 0 Å². The van der Waals surface area contributed by atoms with Gasteiger partial charge in [-0.1, -0.05) is 30.3 Å². The molecule has 1 aromatic carbocycles. The summed E-state index contributed by atoms with van der Waals surface area (Å²) in [7, 11) is 0. The number of nitriles is 1. The molecule has 0 bridgehead atoms. The lowest BCUT2D eigenvalue weighted by Crippen LogP contribution is -2.45. The molecule has 1 heterocycles. The highest BCUT2D eigenvalue weighted by atomic mass is 16.3. The Bertz CT molecular complexity index is 460. The Balaban J connectivity index is 2.07. The largest absolute Gasteiger partial charge is 0.391 e. The molecule has 0 aromatic heterocycles. The fourth-order valence-electron chi connectivity index (χ4n) is 2.76. The van der Waals surface area contributed by atoms with Gasteiger partial charge in [0, 0.05) is 19.5 Å². The predicted molar refractivity (Wildman–Crippen MR) is 73.5 cm³/mol. The van der Waals surface area contributed by atoms with Gasteiger partial charge in [-0.2, -0.15) is 5.26 Å². The third-order valence-corrected chi connectivity index (χ3v) is 3.76. The van der Waals surface area contributed by atoms with Crippen molar-refractivity contribution in [2.45, 2.75) is 43.7 Å². The van der Waals surface area contributed by atoms with Crippen LogP contribution in [0.2, 0.25) is 0 Å². The zero-order chi connectivity index (χ0) is 14.5. The molecule has 20 heavy (non-hydrogen) atoms. The van der Waals surface area contributed by atoms with Crippen molar-refractivity contribution in [3.8, 4) is 6.07 Å². The highest BCUT2D eigenvalue weighted by Crippen LogP contribution is 2.25. The van der Waals surface area contributed by atoms with Crippen LogP contribution in [0.4, 0.5) is 0 Å². The summed E-state index contributed by atoms with van der Waals surface area (Å²) in [5, 5.41) is 38.6. The van der Waals surface area contributed by atoms with E-state index < -0.39 is 24.4 Å². The Morgan fingerprint density at radius 2 is 2.00 bits per heavy atom. The zero-order valence-electron chi connectivity index (χ0n) is 11.3. The minimum atomic E-state index is -0.979. The van der Waals surface area contributed by atoms with Gasteiger partial charge in [0.1, 0.15) is 0 Å². The minimum Gasteiger partial charge on any atom is -0.391 e. The maximum Gasteiger partial charge on any atom is 0.0991 e. The first-order valence-electron chi connectivity index (χ1n) is 6.82. The quantitative estimate of drug-likeness (QED) is 0.718. The second kappa shape index (κ2) is 6.82. The predicted octanol–water partition coefficient (Wildman–Crippen LogP) is 0.257. The van der Waals surface area contributed by atoms with Crippen LogP contribution in [0, 0.1) is 11.3 Å². The Hall–Kier alpha value is -1.45. The van der Waals surface area contributed by atoms with Crippen molar-refractivity contribution in [1.82, 2.24) is 4.90 Å². The molecule has 1 saturated heterocycles. The monoisotopic (exact) mass is 276 g/mol. The molecule has 5 nitrogen and oxygen atoms in total. The van der Waals surface area contributed by atoms with Crippen LogP contribution >= 0.6 is 0 Å². The summed E-state index contributed by atoms with van der Waals surface area (Å²) < 4.78 is 0. The molecular weight excluding hydrogens is 256 g/mol. The number of aliphatic hydroxyl groups excluding tert-OH is 3. The van der Waals surface area contributed by atoms with E-state index in [1.165, 1.54) is 0 Å². The average molecular weight is 276 g/mol. The van der Waals surface area contributed by atoms with E-state index in [4.69, 9.17) is 5.26 Å². The van der Waals surface area contributed by atoms with Crippen LogP contribution in [-0.4, -0.2) is 51.1 Å². The van der Waals surface area contributed by atoms with Crippen molar-refractivity contribution in [3.63, 3.8) is 0 Å². The Labute approximate surface area is 118 Å². The van der Waals surface area contributed by atoms with Crippen LogP contribution in [0.3, 0.4) is 0 Å². The van der Waals surface area contributed by atoms with E-state index in [2.05, 4.69) is 0 Å². The van der Waals surface area contributed by atoms with Crippen LogP contribution < -0.4 is 0 Å². The first-order valence-corrected chi connectivity index (χ1v) is 6.82. The second-order valence-electron chi connectivity index (χ2n) is 5.23. The van der Waals surface area contributed by atoms with Crippen LogP contribution in [0.1, 0.15) is 18.4 Å². The van der Waals surface area contributed by atoms with Crippen molar-refractivity contribution in [2.75, 3.05) is 6.54 Å². The average Bonchev–Trinajstić information content (AvgIpc) is 2.72. The highest BCUT2D eigenvalue weighted by molar-refractivity contribution is 5.15. The lowest BCUT2D eigenvalue weighted by Gasteiger charge is -2.29. The highest BCUT2D eigenvalue weighted by Gasteiger charge is 2.43. The number of benzene rings is 1. The van der Waals surface area contributed by atoms with E-state index in [0.29, 0.717) is 19.5 Å². The summed E-state index contributed by atoms with van der Waals surface area (Å²) in [6.07, 6.45) is -2.12. The van der Waals surface area contributed by atoms with E-state index in [1.54, 1.807) is 0 Å². The number of likely N-dealkylation sites (tertiary alicyclic amines) is 1. The molecule has 1 unspecified atom stereocenters. The molecule has 1 aliphatic heterocycles. The Kier molecular flexibility index (Phi) is 5.10. The molecule has 0 radical (unpaired) electrons. The SMILES string of the molecule is N#CCCC(O)[C@H]1[C@@H](O)[C@@H](O)CN1Cc1ccccc1. The molecule has 4 atom stereocenters. The van der Waals surface area contributed by atoms with Gasteiger partial charge < -0.3 is 15.3 Å². The summed E-state index contributed by atoms with van der Waals surface area (Å²) >= 11 is 0. The number of rotatable bonds is 5. The standard InChI is InChI=1S/C15H20N2O3/c16-8-4-7-12(18)14-15(20)13(19)10-17(14)9-11-5-2-1-3-6-11/h1-3,5-6,12-15,18-20H,4,7,9-10H2/t12?,13-,14-,15-/m0/s1. The van der Waals surface area contributed by atoms with Gasteiger partial charge in [-0.15, -0.1) is 0 Å². The van der Waals surface area contributed by atoms with Crippen molar-refractivity contribution < 1.29 is 15.3 Å². The molecule has 1 fully saturated rings.